The van der Waals surface area contributed by atoms with Crippen molar-refractivity contribution < 1.29 is 17.9 Å². The van der Waals surface area contributed by atoms with Crippen LogP contribution in [0.2, 0.25) is 0 Å². The zero-order valence-corrected chi connectivity index (χ0v) is 11.4. The summed E-state index contributed by atoms with van der Waals surface area (Å²) >= 11 is 0. The number of morpholine rings is 1. The van der Waals surface area contributed by atoms with Gasteiger partial charge in [-0.3, -0.25) is 0 Å². The lowest BCUT2D eigenvalue weighted by Crippen LogP contribution is -2.42. The number of benzene rings is 1. The first-order valence-electron chi connectivity index (χ1n) is 6.72. The minimum Gasteiger partial charge on any atom is -0.375 e. The average molecular weight is 288 g/mol. The second-order valence-corrected chi connectivity index (χ2v) is 4.89. The molecule has 1 aliphatic rings. The molecular weight excluding hydrogens is 269 g/mol. The highest BCUT2D eigenvalue weighted by Crippen LogP contribution is 2.33. The summed E-state index contributed by atoms with van der Waals surface area (Å²) in [4.78, 5) is 2.06. The largest absolute Gasteiger partial charge is 0.416 e. The Labute approximate surface area is 116 Å². The third kappa shape index (κ3) is 3.24. The van der Waals surface area contributed by atoms with Crippen molar-refractivity contribution in [1.29, 1.82) is 0 Å². The summed E-state index contributed by atoms with van der Waals surface area (Å²) in [5.41, 5.74) is 6.26. The predicted molar refractivity (Wildman–Crippen MR) is 71.6 cm³/mol. The highest BCUT2D eigenvalue weighted by Gasteiger charge is 2.31. The molecule has 1 aliphatic heterocycles. The molecule has 2 rings (SSSR count). The number of nitrogens with zero attached hydrogens (tertiary/aromatic N) is 1. The van der Waals surface area contributed by atoms with Crippen LogP contribution in [0.25, 0.3) is 0 Å². The van der Waals surface area contributed by atoms with Crippen molar-refractivity contribution in [2.45, 2.75) is 32.2 Å². The summed E-state index contributed by atoms with van der Waals surface area (Å²) in [6.07, 6.45) is -3.33. The van der Waals surface area contributed by atoms with Gasteiger partial charge in [0, 0.05) is 25.3 Å². The van der Waals surface area contributed by atoms with E-state index in [0.29, 0.717) is 25.3 Å². The number of halogens is 3. The summed E-state index contributed by atoms with van der Waals surface area (Å²) in [6, 6.07) is 3.78. The van der Waals surface area contributed by atoms with E-state index >= 15 is 0 Å². The van der Waals surface area contributed by atoms with Gasteiger partial charge < -0.3 is 15.4 Å². The van der Waals surface area contributed by atoms with Crippen molar-refractivity contribution in [3.05, 3.63) is 29.3 Å². The molecule has 1 heterocycles. The Balaban J connectivity index is 2.27. The van der Waals surface area contributed by atoms with E-state index in [4.69, 9.17) is 10.5 Å². The van der Waals surface area contributed by atoms with Gasteiger partial charge in [0.1, 0.15) is 0 Å². The molecule has 3 nitrogen and oxygen atoms in total. The van der Waals surface area contributed by atoms with E-state index in [-0.39, 0.29) is 12.6 Å². The fourth-order valence-corrected chi connectivity index (χ4v) is 2.42. The van der Waals surface area contributed by atoms with Crippen LogP contribution in [0.5, 0.6) is 0 Å². The number of nitrogens with two attached hydrogens (primary N) is 1. The van der Waals surface area contributed by atoms with Gasteiger partial charge in [-0.1, -0.05) is 6.92 Å². The minimum absolute atomic E-state index is 0.0907. The topological polar surface area (TPSA) is 38.5 Å². The summed E-state index contributed by atoms with van der Waals surface area (Å²) < 4.78 is 43.7. The van der Waals surface area contributed by atoms with Gasteiger partial charge in [0.05, 0.1) is 18.3 Å². The van der Waals surface area contributed by atoms with Crippen molar-refractivity contribution in [2.24, 2.45) is 5.73 Å². The number of anilines is 1. The SMILES string of the molecule is CCC1CN(c2ccc(C(F)(F)F)cc2CN)CCO1. The van der Waals surface area contributed by atoms with Crippen LogP contribution in [-0.2, 0) is 17.5 Å². The van der Waals surface area contributed by atoms with Crippen molar-refractivity contribution in [2.75, 3.05) is 24.6 Å². The molecule has 0 aromatic heterocycles. The van der Waals surface area contributed by atoms with Gasteiger partial charge in [0.25, 0.3) is 0 Å². The summed E-state index contributed by atoms with van der Waals surface area (Å²) in [6.45, 7) is 4.07. The van der Waals surface area contributed by atoms with Crippen LogP contribution in [-0.4, -0.2) is 25.8 Å². The van der Waals surface area contributed by atoms with E-state index in [2.05, 4.69) is 4.90 Å². The molecule has 1 aromatic carbocycles. The van der Waals surface area contributed by atoms with Gasteiger partial charge >= 0.3 is 6.18 Å². The standard InChI is InChI=1S/C14H19F3N2O/c1-2-12-9-19(5-6-20-12)13-4-3-11(14(15,16)17)7-10(13)8-18/h3-4,7,12H,2,5-6,8-9,18H2,1H3. The van der Waals surface area contributed by atoms with Crippen LogP contribution in [0.15, 0.2) is 18.2 Å². The first-order chi connectivity index (χ1) is 9.45. The highest BCUT2D eigenvalue weighted by atomic mass is 19.4. The van der Waals surface area contributed by atoms with Crippen LogP contribution < -0.4 is 10.6 Å². The van der Waals surface area contributed by atoms with E-state index in [1.165, 1.54) is 6.07 Å². The Morgan fingerprint density at radius 2 is 2.15 bits per heavy atom. The number of hydrogen-bond donors (Lipinski definition) is 1. The van der Waals surface area contributed by atoms with Gasteiger partial charge in [-0.25, -0.2) is 0 Å². The average Bonchev–Trinajstić information content (AvgIpc) is 2.45. The summed E-state index contributed by atoms with van der Waals surface area (Å²) in [7, 11) is 0. The second kappa shape index (κ2) is 6.01. The monoisotopic (exact) mass is 288 g/mol. The van der Waals surface area contributed by atoms with Gasteiger partial charge in [-0.05, 0) is 30.2 Å². The molecule has 2 N–H and O–H groups in total. The Morgan fingerprint density at radius 3 is 2.75 bits per heavy atom. The lowest BCUT2D eigenvalue weighted by molar-refractivity contribution is -0.137. The van der Waals surface area contributed by atoms with Crippen molar-refractivity contribution in [1.82, 2.24) is 0 Å². The Bertz CT molecular complexity index is 462. The molecule has 0 saturated carbocycles. The molecule has 0 bridgehead atoms. The molecular formula is C14H19F3N2O. The predicted octanol–water partition coefficient (Wildman–Crippen LogP) is 2.78. The van der Waals surface area contributed by atoms with Gasteiger partial charge in [0.2, 0.25) is 0 Å². The first kappa shape index (κ1) is 15.1. The molecule has 0 radical (unpaired) electrons. The lowest BCUT2D eigenvalue weighted by atomic mass is 10.1. The maximum atomic E-state index is 12.7. The van der Waals surface area contributed by atoms with Crippen molar-refractivity contribution >= 4 is 5.69 Å². The minimum atomic E-state index is -4.33. The molecule has 1 unspecified atom stereocenters. The molecule has 1 fully saturated rings. The third-order valence-electron chi connectivity index (χ3n) is 3.56. The fraction of sp³-hybridized carbons (Fsp3) is 0.571. The molecule has 1 atom stereocenters. The third-order valence-corrected chi connectivity index (χ3v) is 3.56. The zero-order valence-electron chi connectivity index (χ0n) is 11.4. The normalized spacial score (nSPS) is 20.2. The number of hydrogen-bond acceptors (Lipinski definition) is 3. The first-order valence-corrected chi connectivity index (χ1v) is 6.72. The van der Waals surface area contributed by atoms with E-state index in [1.54, 1.807) is 0 Å². The Morgan fingerprint density at radius 1 is 1.40 bits per heavy atom. The van der Waals surface area contributed by atoms with E-state index < -0.39 is 11.7 Å². The molecule has 0 spiro atoms. The summed E-state index contributed by atoms with van der Waals surface area (Å²) in [5, 5.41) is 0. The molecule has 0 amide bonds. The lowest BCUT2D eigenvalue weighted by Gasteiger charge is -2.35. The number of rotatable bonds is 3. The van der Waals surface area contributed by atoms with Gasteiger partial charge in [0.15, 0.2) is 0 Å². The number of alkyl halides is 3. The molecule has 20 heavy (non-hydrogen) atoms. The summed E-state index contributed by atoms with van der Waals surface area (Å²) in [5.74, 6) is 0. The van der Waals surface area contributed by atoms with Gasteiger partial charge in [-0.2, -0.15) is 13.2 Å². The molecule has 0 aliphatic carbocycles. The van der Waals surface area contributed by atoms with Crippen LogP contribution in [0, 0.1) is 0 Å². The molecule has 112 valence electrons. The van der Waals surface area contributed by atoms with Crippen molar-refractivity contribution in [3.8, 4) is 0 Å². The molecule has 1 aromatic rings. The zero-order chi connectivity index (χ0) is 14.8. The molecule has 1 saturated heterocycles. The Hall–Kier alpha value is -1.27. The second-order valence-electron chi connectivity index (χ2n) is 4.89. The maximum absolute atomic E-state index is 12.7. The smallest absolute Gasteiger partial charge is 0.375 e. The van der Waals surface area contributed by atoms with E-state index in [9.17, 15) is 13.2 Å². The Kier molecular flexibility index (Phi) is 4.55. The van der Waals surface area contributed by atoms with Crippen LogP contribution in [0.3, 0.4) is 0 Å². The molecule has 6 heteroatoms. The fourth-order valence-electron chi connectivity index (χ4n) is 2.42. The number of ether oxygens (including phenoxy) is 1. The van der Waals surface area contributed by atoms with E-state index in [1.807, 2.05) is 6.92 Å². The van der Waals surface area contributed by atoms with Crippen LogP contribution in [0.1, 0.15) is 24.5 Å². The van der Waals surface area contributed by atoms with Crippen LogP contribution >= 0.6 is 0 Å². The van der Waals surface area contributed by atoms with Gasteiger partial charge in [-0.15, -0.1) is 0 Å². The quantitative estimate of drug-likeness (QED) is 0.929. The van der Waals surface area contributed by atoms with E-state index in [0.717, 1.165) is 24.2 Å². The maximum Gasteiger partial charge on any atom is 0.416 e. The van der Waals surface area contributed by atoms with Crippen LogP contribution in [0.4, 0.5) is 18.9 Å². The van der Waals surface area contributed by atoms with Crippen molar-refractivity contribution in [3.63, 3.8) is 0 Å². The highest BCUT2D eigenvalue weighted by molar-refractivity contribution is 5.56.